The number of thioether (sulfide) groups is 1. The van der Waals surface area contributed by atoms with Crippen molar-refractivity contribution >= 4 is 62.2 Å². The van der Waals surface area contributed by atoms with Gasteiger partial charge in [0.2, 0.25) is 5.91 Å². The number of aryl methyl sites for hydroxylation is 1. The van der Waals surface area contributed by atoms with Crippen LogP contribution in [0.1, 0.15) is 11.1 Å². The average molecular weight is 492 g/mol. The number of hydrogen-bond acceptors (Lipinski definition) is 7. The van der Waals surface area contributed by atoms with Crippen LogP contribution < -0.4 is 5.32 Å². The van der Waals surface area contributed by atoms with Gasteiger partial charge in [0.05, 0.1) is 14.3 Å². The van der Waals surface area contributed by atoms with Crippen molar-refractivity contribution < 1.29 is 24.4 Å². The van der Waals surface area contributed by atoms with Crippen molar-refractivity contribution in [1.82, 2.24) is 4.90 Å². The first kappa shape index (κ1) is 21.5. The maximum Gasteiger partial charge on any atom is 0.294 e. The van der Waals surface area contributed by atoms with Gasteiger partial charge in [0, 0.05) is 23.4 Å². The summed E-state index contributed by atoms with van der Waals surface area (Å²) in [7, 11) is 0. The molecule has 0 aromatic heterocycles. The van der Waals surface area contributed by atoms with Gasteiger partial charge in [-0.05, 0) is 52.8 Å². The molecule has 0 atom stereocenters. The summed E-state index contributed by atoms with van der Waals surface area (Å²) in [5.41, 5.74) is 1.23. The van der Waals surface area contributed by atoms with E-state index in [2.05, 4.69) is 21.2 Å². The lowest BCUT2D eigenvalue weighted by molar-refractivity contribution is -0.385. The number of non-ortho nitro benzene ring substituents is 1. The number of rotatable bonds is 5. The highest BCUT2D eigenvalue weighted by Gasteiger charge is 2.36. The van der Waals surface area contributed by atoms with Crippen molar-refractivity contribution in [2.45, 2.75) is 6.92 Å². The fourth-order valence-electron chi connectivity index (χ4n) is 2.58. The third-order valence-corrected chi connectivity index (χ3v) is 5.60. The lowest BCUT2D eigenvalue weighted by Crippen LogP contribution is -2.36. The molecule has 0 unspecified atom stereocenters. The molecule has 3 amide bonds. The number of nitrogens with zero attached hydrogens (tertiary/aromatic N) is 2. The van der Waals surface area contributed by atoms with Gasteiger partial charge in [-0.25, -0.2) is 0 Å². The van der Waals surface area contributed by atoms with Gasteiger partial charge in [-0.2, -0.15) is 0 Å². The second kappa shape index (κ2) is 8.67. The quantitative estimate of drug-likeness (QED) is 0.366. The molecule has 1 saturated heterocycles. The van der Waals surface area contributed by atoms with Crippen LogP contribution >= 0.6 is 27.7 Å². The molecule has 0 aliphatic carbocycles. The first-order valence-corrected chi connectivity index (χ1v) is 10.1. The number of phenols is 1. The van der Waals surface area contributed by atoms with Crippen molar-refractivity contribution in [3.05, 3.63) is 67.0 Å². The molecule has 11 heteroatoms. The molecule has 0 radical (unpaired) electrons. The molecule has 3 rings (SSSR count). The number of nitro benzene ring substituents is 1. The summed E-state index contributed by atoms with van der Waals surface area (Å²) in [6.07, 6.45) is 1.18. The Morgan fingerprint density at radius 1 is 1.30 bits per heavy atom. The number of hydrogen-bond donors (Lipinski definition) is 2. The zero-order valence-corrected chi connectivity index (χ0v) is 17.8. The number of phenolic OH excluding ortho intramolecular Hbond substituents is 1. The van der Waals surface area contributed by atoms with Crippen LogP contribution in [-0.4, -0.2) is 38.5 Å². The molecule has 1 heterocycles. The number of nitro groups is 1. The smallest absolute Gasteiger partial charge is 0.294 e. The van der Waals surface area contributed by atoms with E-state index in [-0.39, 0.29) is 26.4 Å². The molecule has 0 spiro atoms. The van der Waals surface area contributed by atoms with Crippen LogP contribution in [0.15, 0.2) is 45.8 Å². The summed E-state index contributed by atoms with van der Waals surface area (Å²) >= 11 is 3.59. The first-order valence-electron chi connectivity index (χ1n) is 8.44. The number of carbonyl (C=O) groups is 3. The van der Waals surface area contributed by atoms with E-state index < -0.39 is 28.5 Å². The minimum Gasteiger partial charge on any atom is -0.506 e. The highest BCUT2D eigenvalue weighted by molar-refractivity contribution is 9.10. The van der Waals surface area contributed by atoms with Gasteiger partial charge in [0.1, 0.15) is 12.3 Å². The van der Waals surface area contributed by atoms with E-state index >= 15 is 0 Å². The lowest BCUT2D eigenvalue weighted by Gasteiger charge is -2.12. The molecule has 30 heavy (non-hydrogen) atoms. The van der Waals surface area contributed by atoms with Crippen molar-refractivity contribution in [2.24, 2.45) is 0 Å². The second-order valence-electron chi connectivity index (χ2n) is 6.30. The molecule has 2 aromatic rings. The summed E-state index contributed by atoms with van der Waals surface area (Å²) in [4.78, 5) is 48.1. The standard InChI is InChI=1S/C19H14BrN3O6S/c1-10-2-4-12(5-3-10)21-16(24)9-22-18(26)15(30-19(22)27)7-11-6-13(23(28)29)8-14(20)17(11)25/h2-8,25H,9H2,1H3,(H,21,24)/b15-7-. The predicted octanol–water partition coefficient (Wildman–Crippen LogP) is 4.05. The zero-order valence-electron chi connectivity index (χ0n) is 15.4. The van der Waals surface area contributed by atoms with E-state index in [1.807, 2.05) is 19.1 Å². The maximum atomic E-state index is 12.6. The number of halogens is 1. The Morgan fingerprint density at radius 2 is 1.97 bits per heavy atom. The maximum absolute atomic E-state index is 12.6. The van der Waals surface area contributed by atoms with E-state index in [1.54, 1.807) is 12.1 Å². The van der Waals surface area contributed by atoms with E-state index in [0.717, 1.165) is 22.6 Å². The monoisotopic (exact) mass is 491 g/mol. The van der Waals surface area contributed by atoms with Crippen molar-refractivity contribution in [3.63, 3.8) is 0 Å². The van der Waals surface area contributed by atoms with Crippen LogP contribution in [0.4, 0.5) is 16.2 Å². The van der Waals surface area contributed by atoms with E-state index in [9.17, 15) is 29.6 Å². The summed E-state index contributed by atoms with van der Waals surface area (Å²) < 4.78 is 0.0691. The van der Waals surface area contributed by atoms with Crippen molar-refractivity contribution in [3.8, 4) is 5.75 Å². The van der Waals surface area contributed by atoms with E-state index in [0.29, 0.717) is 17.4 Å². The fraction of sp³-hybridized carbons (Fsp3) is 0.105. The average Bonchev–Trinajstić information content (AvgIpc) is 2.94. The van der Waals surface area contributed by atoms with Crippen LogP contribution in [0.5, 0.6) is 5.75 Å². The highest BCUT2D eigenvalue weighted by Crippen LogP contribution is 2.38. The van der Waals surface area contributed by atoms with Crippen LogP contribution in [0.3, 0.4) is 0 Å². The van der Waals surface area contributed by atoms with Gasteiger partial charge in [0.25, 0.3) is 16.8 Å². The molecule has 154 valence electrons. The van der Waals surface area contributed by atoms with Crippen LogP contribution in [-0.2, 0) is 9.59 Å². The summed E-state index contributed by atoms with van der Waals surface area (Å²) in [5.74, 6) is -1.60. The first-order chi connectivity index (χ1) is 14.2. The Hall–Kier alpha value is -3.18. The molecule has 9 nitrogen and oxygen atoms in total. The molecule has 0 bridgehead atoms. The zero-order chi connectivity index (χ0) is 22.0. The Labute approximate surface area is 183 Å². The molecule has 1 aliphatic heterocycles. The lowest BCUT2D eigenvalue weighted by atomic mass is 10.1. The van der Waals surface area contributed by atoms with Gasteiger partial charge >= 0.3 is 0 Å². The fourth-order valence-corrected chi connectivity index (χ4v) is 3.87. The molecular formula is C19H14BrN3O6S. The van der Waals surface area contributed by atoms with Crippen LogP contribution in [0.25, 0.3) is 6.08 Å². The minimum absolute atomic E-state index is 0.00863. The van der Waals surface area contributed by atoms with Gasteiger partial charge in [-0.1, -0.05) is 17.7 Å². The van der Waals surface area contributed by atoms with E-state index in [1.165, 1.54) is 6.08 Å². The number of carbonyl (C=O) groups excluding carboxylic acids is 3. The Balaban J connectivity index is 1.78. The van der Waals surface area contributed by atoms with Crippen LogP contribution in [0.2, 0.25) is 0 Å². The Kier molecular flexibility index (Phi) is 6.22. The van der Waals surface area contributed by atoms with E-state index in [4.69, 9.17) is 0 Å². The van der Waals surface area contributed by atoms with Gasteiger partial charge in [-0.15, -0.1) is 0 Å². The number of aromatic hydroxyl groups is 1. The summed E-state index contributed by atoms with van der Waals surface area (Å²) in [6, 6.07) is 9.21. The number of imide groups is 1. The number of nitrogens with one attached hydrogen (secondary N) is 1. The van der Waals surface area contributed by atoms with Gasteiger partial charge in [0.15, 0.2) is 0 Å². The van der Waals surface area contributed by atoms with Crippen LogP contribution in [0, 0.1) is 17.0 Å². The second-order valence-corrected chi connectivity index (χ2v) is 8.15. The Bertz CT molecular complexity index is 1100. The summed E-state index contributed by atoms with van der Waals surface area (Å²) in [6.45, 7) is 1.41. The van der Waals surface area contributed by atoms with Crippen molar-refractivity contribution in [1.29, 1.82) is 0 Å². The minimum atomic E-state index is -0.730. The molecule has 2 N–H and O–H groups in total. The molecule has 1 aliphatic rings. The normalized spacial score (nSPS) is 15.0. The predicted molar refractivity (Wildman–Crippen MR) is 115 cm³/mol. The molecule has 1 fully saturated rings. The SMILES string of the molecule is Cc1ccc(NC(=O)CN2C(=O)S/C(=C\c3cc([N+](=O)[O-])cc(Br)c3O)C2=O)cc1. The van der Waals surface area contributed by atoms with Crippen molar-refractivity contribution in [2.75, 3.05) is 11.9 Å². The number of anilines is 1. The van der Waals surface area contributed by atoms with Gasteiger partial charge < -0.3 is 10.4 Å². The molecule has 2 aromatic carbocycles. The third-order valence-electron chi connectivity index (χ3n) is 4.09. The summed E-state index contributed by atoms with van der Waals surface area (Å²) in [5, 5.41) is 23.1. The van der Waals surface area contributed by atoms with Gasteiger partial charge in [-0.3, -0.25) is 29.4 Å². The number of benzene rings is 2. The topological polar surface area (TPSA) is 130 Å². The third kappa shape index (κ3) is 4.69. The molecule has 0 saturated carbocycles. The molecular weight excluding hydrogens is 478 g/mol. The Morgan fingerprint density at radius 3 is 2.60 bits per heavy atom. The number of amides is 3. The highest BCUT2D eigenvalue weighted by atomic mass is 79.9. The largest absolute Gasteiger partial charge is 0.506 e.